The molecule has 0 bridgehead atoms. The molecule has 0 N–H and O–H groups in total. The van der Waals surface area contributed by atoms with Gasteiger partial charge in [0.2, 0.25) is 0 Å². The molecule has 9 nitrogen and oxygen atoms in total. The number of amides is 1. The topological polar surface area (TPSA) is 94.6 Å². The summed E-state index contributed by atoms with van der Waals surface area (Å²) in [5, 5.41) is 0. The van der Waals surface area contributed by atoms with Crippen molar-refractivity contribution in [3.8, 4) is 0 Å². The first-order valence-corrected chi connectivity index (χ1v) is 29.7. The number of carbonyl (C=O) groups excluding carboxylic acids is 3. The van der Waals surface area contributed by atoms with Crippen LogP contribution in [0.5, 0.6) is 0 Å². The summed E-state index contributed by atoms with van der Waals surface area (Å²) in [5.74, 6) is -0.0121. The summed E-state index contributed by atoms with van der Waals surface area (Å²) in [5.41, 5.74) is 0. The summed E-state index contributed by atoms with van der Waals surface area (Å²) in [6, 6.07) is 0. The van der Waals surface area contributed by atoms with Gasteiger partial charge < -0.3 is 28.7 Å². The van der Waals surface area contributed by atoms with Crippen LogP contribution >= 0.6 is 0 Å². The number of ether oxygens (including phenoxy) is 4. The van der Waals surface area contributed by atoms with E-state index in [0.29, 0.717) is 12.8 Å². The number of nitrogens with zero attached hydrogens (tertiary/aromatic N) is 2. The van der Waals surface area contributed by atoms with Crippen molar-refractivity contribution in [2.75, 3.05) is 47.4 Å². The van der Waals surface area contributed by atoms with Crippen molar-refractivity contribution in [2.24, 2.45) is 0 Å². The molecule has 0 spiro atoms. The number of carbonyl (C=O) groups is 3. The molecule has 9 heteroatoms. The van der Waals surface area contributed by atoms with E-state index in [1.165, 1.54) is 83.5 Å². The molecule has 0 fully saturated rings. The molecule has 0 radical (unpaired) electrons. The molecule has 0 rings (SSSR count). The molecule has 0 aromatic rings. The molecule has 68 heavy (non-hydrogen) atoms. The highest BCUT2D eigenvalue weighted by Gasteiger charge is 2.21. The summed E-state index contributed by atoms with van der Waals surface area (Å²) < 4.78 is 23.6. The Hall–Kier alpha value is -1.87. The molecule has 0 atom stereocenters. The molecule has 0 saturated heterocycles. The number of unbranched alkanes of at least 4 members (excludes halogenated alkanes) is 26. The smallest absolute Gasteiger partial charge is 0.410 e. The number of esters is 2. The van der Waals surface area contributed by atoms with Gasteiger partial charge in [0.05, 0.1) is 0 Å². The Morgan fingerprint density at radius 1 is 0.353 bits per heavy atom. The molecular weight excluding hydrogens is 849 g/mol. The van der Waals surface area contributed by atoms with Crippen molar-refractivity contribution in [2.45, 2.75) is 316 Å². The second-order valence-corrected chi connectivity index (χ2v) is 20.9. The lowest BCUT2D eigenvalue weighted by molar-refractivity contribution is -0.151. The molecule has 0 aliphatic heterocycles. The fourth-order valence-electron chi connectivity index (χ4n) is 9.34. The van der Waals surface area contributed by atoms with Crippen LogP contribution in [0.3, 0.4) is 0 Å². The van der Waals surface area contributed by atoms with Gasteiger partial charge in [-0.05, 0) is 130 Å². The number of methoxy groups -OCH3 is 1. The Balaban J connectivity index is 5.05. The fraction of sp³-hybridized carbons (Fsp3) is 0.949. The van der Waals surface area contributed by atoms with E-state index in [0.717, 1.165) is 200 Å². The first kappa shape index (κ1) is 66.1. The van der Waals surface area contributed by atoms with Gasteiger partial charge in [-0.1, -0.05) is 175 Å². The van der Waals surface area contributed by atoms with Gasteiger partial charge in [0.15, 0.2) is 0 Å². The van der Waals surface area contributed by atoms with E-state index in [9.17, 15) is 14.4 Å². The second kappa shape index (κ2) is 51.5. The maximum atomic E-state index is 13.8. The Labute approximate surface area is 422 Å². The van der Waals surface area contributed by atoms with Crippen LogP contribution in [0, 0.1) is 0 Å². The van der Waals surface area contributed by atoms with Crippen LogP contribution in [0.25, 0.3) is 0 Å². The van der Waals surface area contributed by atoms with Crippen LogP contribution in [0.2, 0.25) is 0 Å². The molecule has 0 aliphatic rings. The molecule has 1 amide bonds. The molecule has 0 aromatic carbocycles. The molecule has 0 unspecified atom stereocenters. The lowest BCUT2D eigenvalue weighted by atomic mass is 10.0. The van der Waals surface area contributed by atoms with Gasteiger partial charge in [-0.2, -0.15) is 0 Å². The van der Waals surface area contributed by atoms with Crippen LogP contribution in [0.4, 0.5) is 4.79 Å². The largest absolute Gasteiger partial charge is 0.462 e. The summed E-state index contributed by atoms with van der Waals surface area (Å²) in [7, 11) is 5.94. The Bertz CT molecular complexity index is 1010. The lowest BCUT2D eigenvalue weighted by Gasteiger charge is -2.26. The highest BCUT2D eigenvalue weighted by atomic mass is 16.6. The lowest BCUT2D eigenvalue weighted by Crippen LogP contribution is -2.37. The molecule has 404 valence electrons. The van der Waals surface area contributed by atoms with Gasteiger partial charge in [-0.25, -0.2) is 4.79 Å². The predicted octanol–water partition coefficient (Wildman–Crippen LogP) is 17.3. The van der Waals surface area contributed by atoms with E-state index in [1.807, 2.05) is 4.90 Å². The summed E-state index contributed by atoms with van der Waals surface area (Å²) in [4.78, 5) is 43.6. The minimum Gasteiger partial charge on any atom is -0.462 e. The Morgan fingerprint density at radius 2 is 0.662 bits per heavy atom. The van der Waals surface area contributed by atoms with Crippen molar-refractivity contribution in [3.63, 3.8) is 0 Å². The zero-order chi connectivity index (χ0) is 50.0. The minimum atomic E-state index is -0.139. The quantitative estimate of drug-likeness (QED) is 0.0338. The van der Waals surface area contributed by atoms with E-state index in [4.69, 9.17) is 18.9 Å². The maximum absolute atomic E-state index is 13.8. The van der Waals surface area contributed by atoms with Crippen molar-refractivity contribution in [1.82, 2.24) is 9.80 Å². The SMILES string of the molecule is CCCCCCC(CCCCCC)OC(=O)CCCCCCCCC(CCCCCCCCC(=O)OC(CCCCCC)CCCCCC)OC(=O)N(CCCCCCCOC)CCCN(C)C. The fourth-order valence-corrected chi connectivity index (χ4v) is 9.34. The highest BCUT2D eigenvalue weighted by Crippen LogP contribution is 2.22. The van der Waals surface area contributed by atoms with E-state index in [-0.39, 0.29) is 36.3 Å². The molecular formula is C59H116N2O7. The van der Waals surface area contributed by atoms with Gasteiger partial charge in [0.1, 0.15) is 18.3 Å². The first-order valence-electron chi connectivity index (χ1n) is 29.7. The van der Waals surface area contributed by atoms with Crippen molar-refractivity contribution in [1.29, 1.82) is 0 Å². The maximum Gasteiger partial charge on any atom is 0.410 e. The molecule has 0 heterocycles. The molecule has 0 aromatic heterocycles. The van der Waals surface area contributed by atoms with Crippen molar-refractivity contribution < 1.29 is 33.3 Å². The zero-order valence-electron chi connectivity index (χ0n) is 46.5. The average Bonchev–Trinajstić information content (AvgIpc) is 3.32. The summed E-state index contributed by atoms with van der Waals surface area (Å²) in [6.07, 6.45) is 45.6. The third-order valence-electron chi connectivity index (χ3n) is 13.8. The standard InChI is InChI=1S/C59H116N2O7/c1-8-12-16-31-42-54(43-32-17-13-9-2)66-57(62)48-37-27-22-20-25-35-46-56(68-59(64)61(52-41-50-60(5)6)51-39-29-24-30-40-53-65-7)47-36-26-21-23-28-38-49-58(63)67-55(44-33-18-14-10-3)45-34-19-15-11-4/h54-56H,8-53H2,1-7H3. The molecule has 0 saturated carbocycles. The van der Waals surface area contributed by atoms with Crippen LogP contribution in [0.1, 0.15) is 297 Å². The number of rotatable bonds is 53. The van der Waals surface area contributed by atoms with Crippen LogP contribution in [-0.4, -0.2) is 93.6 Å². The third kappa shape index (κ3) is 45.3. The van der Waals surface area contributed by atoms with Gasteiger partial charge in [-0.15, -0.1) is 0 Å². The van der Waals surface area contributed by atoms with Gasteiger partial charge >= 0.3 is 18.0 Å². The number of hydrogen-bond acceptors (Lipinski definition) is 8. The predicted molar refractivity (Wildman–Crippen MR) is 289 cm³/mol. The van der Waals surface area contributed by atoms with E-state index in [2.05, 4.69) is 46.7 Å². The Kier molecular flexibility index (Phi) is 50.1. The third-order valence-corrected chi connectivity index (χ3v) is 13.8. The van der Waals surface area contributed by atoms with E-state index >= 15 is 0 Å². The van der Waals surface area contributed by atoms with Crippen molar-refractivity contribution >= 4 is 18.0 Å². The summed E-state index contributed by atoms with van der Waals surface area (Å²) >= 11 is 0. The van der Waals surface area contributed by atoms with Crippen LogP contribution in [0.15, 0.2) is 0 Å². The number of hydrogen-bond donors (Lipinski definition) is 0. The van der Waals surface area contributed by atoms with E-state index in [1.54, 1.807) is 7.11 Å². The average molecular weight is 966 g/mol. The first-order chi connectivity index (χ1) is 33.2. The van der Waals surface area contributed by atoms with E-state index < -0.39 is 0 Å². The highest BCUT2D eigenvalue weighted by molar-refractivity contribution is 5.70. The zero-order valence-corrected chi connectivity index (χ0v) is 46.5. The minimum absolute atomic E-state index is 0.00604. The van der Waals surface area contributed by atoms with Gasteiger partial charge in [0.25, 0.3) is 0 Å². The molecule has 0 aliphatic carbocycles. The summed E-state index contributed by atoms with van der Waals surface area (Å²) in [6.45, 7) is 12.2. The normalized spacial score (nSPS) is 11.7. The second-order valence-electron chi connectivity index (χ2n) is 20.9. The monoisotopic (exact) mass is 965 g/mol. The van der Waals surface area contributed by atoms with Crippen LogP contribution < -0.4 is 0 Å². The van der Waals surface area contributed by atoms with Gasteiger partial charge in [0, 0.05) is 39.6 Å². The Morgan fingerprint density at radius 3 is 1.03 bits per heavy atom. The van der Waals surface area contributed by atoms with Gasteiger partial charge in [-0.3, -0.25) is 9.59 Å². The van der Waals surface area contributed by atoms with Crippen molar-refractivity contribution in [3.05, 3.63) is 0 Å². The van der Waals surface area contributed by atoms with Crippen LogP contribution in [-0.2, 0) is 28.5 Å².